The molecule has 8 rings (SSSR count). The summed E-state index contributed by atoms with van der Waals surface area (Å²) >= 11 is 0. The molecular formula is C45H51N3O7Si. The van der Waals surface area contributed by atoms with Crippen molar-refractivity contribution in [1.29, 1.82) is 0 Å². The number of hydrogen-bond donors (Lipinski definition) is 1. The van der Waals surface area contributed by atoms with Crippen LogP contribution in [0.2, 0.25) is 18.6 Å². The van der Waals surface area contributed by atoms with Gasteiger partial charge in [0.2, 0.25) is 11.8 Å². The Labute approximate surface area is 330 Å². The van der Waals surface area contributed by atoms with Gasteiger partial charge in [0.1, 0.15) is 11.5 Å². The fourth-order valence-corrected chi connectivity index (χ4v) is 14.0. The van der Waals surface area contributed by atoms with Crippen LogP contribution < -0.4 is 24.5 Å². The number of anilines is 2. The zero-order chi connectivity index (χ0) is 39.4. The van der Waals surface area contributed by atoms with Crippen molar-refractivity contribution in [2.45, 2.75) is 82.1 Å². The first-order chi connectivity index (χ1) is 27.0. The second-order valence-electron chi connectivity index (χ2n) is 16.3. The molecule has 0 saturated carbocycles. The van der Waals surface area contributed by atoms with E-state index in [4.69, 9.17) is 14.2 Å². The van der Waals surface area contributed by atoms with Gasteiger partial charge in [-0.1, -0.05) is 73.7 Å². The number of carbonyl (C=O) groups is 3. The van der Waals surface area contributed by atoms with E-state index in [-0.39, 0.29) is 48.3 Å². The molecule has 2 saturated heterocycles. The highest BCUT2D eigenvalue weighted by atomic mass is 28.3. The topological polar surface area (TPSA) is 109 Å². The maximum absolute atomic E-state index is 15.4. The van der Waals surface area contributed by atoms with Gasteiger partial charge in [-0.15, -0.1) is 0 Å². The summed E-state index contributed by atoms with van der Waals surface area (Å²) in [7, 11) is 0.741. The average Bonchev–Trinajstić information content (AvgIpc) is 3.85. The van der Waals surface area contributed by atoms with E-state index in [0.29, 0.717) is 38.2 Å². The van der Waals surface area contributed by atoms with Gasteiger partial charge in [-0.2, -0.15) is 0 Å². The Morgan fingerprint density at radius 1 is 0.929 bits per heavy atom. The summed E-state index contributed by atoms with van der Waals surface area (Å²) < 4.78 is 18.5. The molecule has 292 valence electrons. The summed E-state index contributed by atoms with van der Waals surface area (Å²) in [5.74, 6) is 0.945. The Hall–Kier alpha value is -4.97. The van der Waals surface area contributed by atoms with Gasteiger partial charge in [0.15, 0.2) is 5.60 Å². The second-order valence-corrected chi connectivity index (χ2v) is 21.0. The second kappa shape index (κ2) is 14.8. The molecule has 0 bridgehead atoms. The fourth-order valence-electron chi connectivity index (χ4n) is 9.99. The molecule has 5 atom stereocenters. The fraction of sp³-hybridized carbons (Fsp3) is 0.400. The molecule has 4 aliphatic rings. The normalized spacial score (nSPS) is 24.5. The van der Waals surface area contributed by atoms with Crippen LogP contribution in [-0.4, -0.2) is 75.3 Å². The number of rotatable bonds is 10. The third-order valence-corrected chi connectivity index (χ3v) is 17.3. The molecule has 11 heteroatoms. The number of aliphatic hydroxyl groups excluding tert-OH is 1. The van der Waals surface area contributed by atoms with Crippen LogP contribution in [0.25, 0.3) is 0 Å². The SMILES string of the molecule is COc1ccc([Si](C)(C)[C@@H]2[C@@H](CC(=O)N3Cc4ccccc4C[C@H]3CO)O[C@]3(C(=O)N(Cc4ccc(N5CCCC5=O)cc4)c4ccc(OC)cc43)[C@H]2C)cc1. The highest BCUT2D eigenvalue weighted by molar-refractivity contribution is 6.91. The Bertz CT molecular complexity index is 2140. The Kier molecular flexibility index (Phi) is 10.0. The average molecular weight is 774 g/mol. The van der Waals surface area contributed by atoms with Gasteiger partial charge >= 0.3 is 0 Å². The molecule has 56 heavy (non-hydrogen) atoms. The van der Waals surface area contributed by atoms with E-state index in [9.17, 15) is 14.7 Å². The number of benzene rings is 4. The van der Waals surface area contributed by atoms with Crippen LogP contribution in [0, 0.1) is 5.92 Å². The molecule has 0 radical (unpaired) electrons. The summed E-state index contributed by atoms with van der Waals surface area (Å²) in [6.45, 7) is 8.02. The predicted octanol–water partition coefficient (Wildman–Crippen LogP) is 5.93. The lowest BCUT2D eigenvalue weighted by Gasteiger charge is -2.39. The smallest absolute Gasteiger partial charge is 0.264 e. The molecule has 0 aromatic heterocycles. The van der Waals surface area contributed by atoms with Crippen LogP contribution in [0.3, 0.4) is 0 Å². The van der Waals surface area contributed by atoms with Gasteiger partial charge < -0.3 is 34.0 Å². The molecule has 4 aromatic rings. The van der Waals surface area contributed by atoms with E-state index in [1.807, 2.05) is 82.6 Å². The molecular weight excluding hydrogens is 723 g/mol. The maximum atomic E-state index is 15.4. The first-order valence-electron chi connectivity index (χ1n) is 19.7. The molecule has 4 aromatic carbocycles. The van der Waals surface area contributed by atoms with Crippen molar-refractivity contribution in [1.82, 2.24) is 4.90 Å². The molecule has 10 nitrogen and oxygen atoms in total. The van der Waals surface area contributed by atoms with Gasteiger partial charge in [-0.25, -0.2) is 0 Å². The maximum Gasteiger partial charge on any atom is 0.264 e. The number of methoxy groups -OCH3 is 2. The third kappa shape index (κ3) is 6.30. The van der Waals surface area contributed by atoms with E-state index >= 15 is 4.79 Å². The number of fused-ring (bicyclic) bond motifs is 3. The summed E-state index contributed by atoms with van der Waals surface area (Å²) in [5.41, 5.74) is 3.99. The number of amides is 3. The lowest BCUT2D eigenvalue weighted by molar-refractivity contribution is -0.151. The highest BCUT2D eigenvalue weighted by Crippen LogP contribution is 2.60. The van der Waals surface area contributed by atoms with Crippen LogP contribution in [0.4, 0.5) is 11.4 Å². The molecule has 4 heterocycles. The van der Waals surface area contributed by atoms with E-state index in [1.54, 1.807) is 19.1 Å². The van der Waals surface area contributed by atoms with Gasteiger partial charge in [-0.3, -0.25) is 14.4 Å². The van der Waals surface area contributed by atoms with Gasteiger partial charge in [-0.05, 0) is 77.5 Å². The monoisotopic (exact) mass is 773 g/mol. The van der Waals surface area contributed by atoms with Crippen LogP contribution in [0.1, 0.15) is 48.4 Å². The molecule has 0 unspecified atom stereocenters. The largest absolute Gasteiger partial charge is 0.497 e. The Morgan fingerprint density at radius 3 is 2.29 bits per heavy atom. The van der Waals surface area contributed by atoms with Crippen LogP contribution in [0.15, 0.2) is 91.0 Å². The van der Waals surface area contributed by atoms with E-state index in [1.165, 1.54) is 5.19 Å². The summed E-state index contributed by atoms with van der Waals surface area (Å²) in [6, 6.07) is 29.5. The third-order valence-electron chi connectivity index (χ3n) is 13.0. The minimum absolute atomic E-state index is 0.0747. The van der Waals surface area contributed by atoms with Gasteiger partial charge in [0.25, 0.3) is 5.91 Å². The van der Waals surface area contributed by atoms with E-state index in [2.05, 4.69) is 38.2 Å². The standard InChI is InChI=1S/C45H51N3O7Si/c1-29-43(56(4,5)37-19-16-35(53-2)17-20-37)40(25-42(51)47-27-32-10-7-6-9-31(32)23-34(47)28-49)55-45(29)38-24-36(54-3)18-21-39(38)48(44(45)52)26-30-12-14-33(15-13-30)46-22-8-11-41(46)50/h6-7,9-10,12-21,24,29,34,40,43,49H,8,11,22-23,25-28H2,1-5H3/t29-,34-,40+,43-,45+/m0/s1. The molecule has 3 amide bonds. The first kappa shape index (κ1) is 37.9. The minimum atomic E-state index is -2.53. The lowest BCUT2D eigenvalue weighted by Crippen LogP contribution is -2.52. The van der Waals surface area contributed by atoms with Crippen LogP contribution >= 0.6 is 0 Å². The predicted molar refractivity (Wildman–Crippen MR) is 218 cm³/mol. The van der Waals surface area contributed by atoms with Crippen molar-refractivity contribution in [3.05, 3.63) is 113 Å². The van der Waals surface area contributed by atoms with Gasteiger partial charge in [0, 0.05) is 36.7 Å². The number of nitrogens with zero attached hydrogens (tertiary/aromatic N) is 3. The highest BCUT2D eigenvalue weighted by Gasteiger charge is 2.66. The number of ether oxygens (including phenoxy) is 3. The van der Waals surface area contributed by atoms with Crippen molar-refractivity contribution in [2.24, 2.45) is 5.92 Å². The quantitative estimate of drug-likeness (QED) is 0.199. The molecule has 1 spiro atoms. The first-order valence-corrected chi connectivity index (χ1v) is 22.8. The number of aliphatic hydroxyl groups is 1. The van der Waals surface area contributed by atoms with Crippen LogP contribution in [0.5, 0.6) is 11.5 Å². The number of carbonyl (C=O) groups excluding carboxylic acids is 3. The molecule has 0 aliphatic carbocycles. The zero-order valence-electron chi connectivity index (χ0n) is 32.9. The minimum Gasteiger partial charge on any atom is -0.497 e. The summed E-state index contributed by atoms with van der Waals surface area (Å²) in [6.07, 6.45) is 1.48. The van der Waals surface area contributed by atoms with E-state index < -0.39 is 19.8 Å². The summed E-state index contributed by atoms with van der Waals surface area (Å²) in [5, 5.41) is 11.7. The lowest BCUT2D eigenvalue weighted by atomic mass is 9.82. The zero-order valence-corrected chi connectivity index (χ0v) is 33.9. The van der Waals surface area contributed by atoms with E-state index in [0.717, 1.165) is 45.8 Å². The summed E-state index contributed by atoms with van der Waals surface area (Å²) in [4.78, 5) is 47.8. The Morgan fingerprint density at radius 2 is 1.62 bits per heavy atom. The van der Waals surface area contributed by atoms with Crippen molar-refractivity contribution < 1.29 is 33.7 Å². The van der Waals surface area contributed by atoms with Crippen LogP contribution in [-0.2, 0) is 44.2 Å². The molecule has 4 aliphatic heterocycles. The van der Waals surface area contributed by atoms with Crippen molar-refractivity contribution in [2.75, 3.05) is 37.2 Å². The Balaban J connectivity index is 1.18. The van der Waals surface area contributed by atoms with Crippen molar-refractivity contribution in [3.8, 4) is 11.5 Å². The van der Waals surface area contributed by atoms with Crippen molar-refractivity contribution in [3.63, 3.8) is 0 Å². The van der Waals surface area contributed by atoms with Gasteiger partial charge in [0.05, 0.1) is 59.7 Å². The number of hydrogen-bond acceptors (Lipinski definition) is 7. The molecule has 2 fully saturated rings. The van der Waals surface area contributed by atoms with Crippen molar-refractivity contribution >= 4 is 42.4 Å². The molecule has 1 N–H and O–H groups in total.